The van der Waals surface area contributed by atoms with E-state index in [0.29, 0.717) is 11.6 Å². The average Bonchev–Trinajstić information content (AvgIpc) is 2.41. The summed E-state index contributed by atoms with van der Waals surface area (Å²) in [4.78, 5) is 12.8. The lowest BCUT2D eigenvalue weighted by molar-refractivity contribution is 0.241. The Kier molecular flexibility index (Phi) is 4.60. The van der Waals surface area contributed by atoms with Gasteiger partial charge in [-0.15, -0.1) is 0 Å². The van der Waals surface area contributed by atoms with Gasteiger partial charge >= 0.3 is 0 Å². The van der Waals surface area contributed by atoms with E-state index in [-0.39, 0.29) is 12.1 Å². The number of nitrogens with two attached hydrogens (primary N) is 1. The molecule has 0 amide bonds. The first-order chi connectivity index (χ1) is 9.60. The fourth-order valence-corrected chi connectivity index (χ4v) is 1.80. The van der Waals surface area contributed by atoms with Crippen LogP contribution in [0.25, 0.3) is 0 Å². The number of aromatic nitrogens is 3. The molecule has 1 unspecified atom stereocenters. The van der Waals surface area contributed by atoms with Crippen LogP contribution < -0.4 is 16.0 Å². The largest absolute Gasteiger partial charge is 0.489 e. The molecule has 20 heavy (non-hydrogen) atoms. The zero-order valence-electron chi connectivity index (χ0n) is 11.9. The summed E-state index contributed by atoms with van der Waals surface area (Å²) in [5.74, 6) is 6.93. The van der Waals surface area contributed by atoms with Crippen LogP contribution in [0.1, 0.15) is 36.8 Å². The van der Waals surface area contributed by atoms with Crippen LogP contribution in [-0.2, 0) is 0 Å². The van der Waals surface area contributed by atoms with Crippen molar-refractivity contribution in [3.63, 3.8) is 0 Å². The number of hydrogen-bond acceptors (Lipinski definition) is 6. The Morgan fingerprint density at radius 1 is 1.15 bits per heavy atom. The Hall–Kier alpha value is -2.05. The highest BCUT2D eigenvalue weighted by molar-refractivity contribution is 5.29. The van der Waals surface area contributed by atoms with Crippen LogP contribution >= 0.6 is 0 Å². The van der Waals surface area contributed by atoms with E-state index in [0.717, 1.165) is 11.1 Å². The van der Waals surface area contributed by atoms with Crippen molar-refractivity contribution in [1.82, 2.24) is 20.4 Å². The number of nitrogens with one attached hydrogen (secondary N) is 1. The lowest BCUT2D eigenvalue weighted by Gasteiger charge is -2.16. The summed E-state index contributed by atoms with van der Waals surface area (Å²) in [5.41, 5.74) is 4.57. The molecule has 6 nitrogen and oxygen atoms in total. The van der Waals surface area contributed by atoms with Crippen molar-refractivity contribution in [2.24, 2.45) is 5.84 Å². The van der Waals surface area contributed by atoms with Crippen molar-refractivity contribution in [2.75, 3.05) is 0 Å². The van der Waals surface area contributed by atoms with Crippen LogP contribution in [0, 0.1) is 6.92 Å². The molecule has 0 fully saturated rings. The number of ether oxygens (including phenoxy) is 1. The van der Waals surface area contributed by atoms with Gasteiger partial charge in [0.15, 0.2) is 5.82 Å². The highest BCUT2D eigenvalue weighted by atomic mass is 16.5. The lowest BCUT2D eigenvalue weighted by atomic mass is 10.1. The maximum atomic E-state index is 5.63. The van der Waals surface area contributed by atoms with E-state index in [2.05, 4.69) is 20.4 Å². The summed E-state index contributed by atoms with van der Waals surface area (Å²) in [6.07, 6.45) is 7.00. The van der Waals surface area contributed by atoms with Crippen molar-refractivity contribution in [2.45, 2.75) is 32.9 Å². The Bertz CT molecular complexity index is 556. The van der Waals surface area contributed by atoms with Crippen LogP contribution in [0.15, 0.2) is 30.9 Å². The van der Waals surface area contributed by atoms with E-state index < -0.39 is 0 Å². The quantitative estimate of drug-likeness (QED) is 0.634. The van der Waals surface area contributed by atoms with Gasteiger partial charge in [0, 0.05) is 18.6 Å². The minimum absolute atomic E-state index is 0.0898. The molecule has 0 bridgehead atoms. The third kappa shape index (κ3) is 3.49. The van der Waals surface area contributed by atoms with Gasteiger partial charge in [-0.3, -0.25) is 10.8 Å². The zero-order chi connectivity index (χ0) is 14.5. The predicted octanol–water partition coefficient (Wildman–Crippen LogP) is 1.52. The van der Waals surface area contributed by atoms with Crippen LogP contribution in [-0.4, -0.2) is 21.1 Å². The summed E-state index contributed by atoms with van der Waals surface area (Å²) >= 11 is 0. The SMILES string of the molecule is Cc1cnc(C(NN)c2cncc(OC(C)C)c2)nc1. The van der Waals surface area contributed by atoms with Gasteiger partial charge in [0.25, 0.3) is 0 Å². The Labute approximate surface area is 118 Å². The van der Waals surface area contributed by atoms with E-state index >= 15 is 0 Å². The third-order valence-corrected chi connectivity index (χ3v) is 2.67. The van der Waals surface area contributed by atoms with Gasteiger partial charge in [0.05, 0.1) is 12.3 Å². The first kappa shape index (κ1) is 14.4. The van der Waals surface area contributed by atoms with E-state index in [1.165, 1.54) is 0 Å². The van der Waals surface area contributed by atoms with Gasteiger partial charge in [-0.05, 0) is 38.0 Å². The van der Waals surface area contributed by atoms with E-state index in [1.54, 1.807) is 24.8 Å². The molecule has 0 aliphatic heterocycles. The molecule has 0 radical (unpaired) electrons. The van der Waals surface area contributed by atoms with E-state index in [1.807, 2.05) is 26.8 Å². The molecular weight excluding hydrogens is 254 g/mol. The topological polar surface area (TPSA) is 86.0 Å². The molecule has 6 heteroatoms. The number of rotatable bonds is 5. The second-order valence-electron chi connectivity index (χ2n) is 4.84. The Balaban J connectivity index is 2.29. The van der Waals surface area contributed by atoms with Gasteiger partial charge in [-0.1, -0.05) is 0 Å². The fourth-order valence-electron chi connectivity index (χ4n) is 1.80. The minimum atomic E-state index is -0.321. The van der Waals surface area contributed by atoms with E-state index in [9.17, 15) is 0 Å². The molecule has 0 aliphatic carbocycles. The first-order valence-electron chi connectivity index (χ1n) is 6.46. The summed E-state index contributed by atoms with van der Waals surface area (Å²) in [7, 11) is 0. The maximum absolute atomic E-state index is 5.63. The van der Waals surface area contributed by atoms with Crippen molar-refractivity contribution < 1.29 is 4.74 Å². The second kappa shape index (κ2) is 6.40. The molecule has 2 aromatic rings. The molecule has 2 aromatic heterocycles. The summed E-state index contributed by atoms with van der Waals surface area (Å²) in [5, 5.41) is 0. The monoisotopic (exact) mass is 273 g/mol. The highest BCUT2D eigenvalue weighted by Gasteiger charge is 2.16. The summed E-state index contributed by atoms with van der Waals surface area (Å²) < 4.78 is 5.63. The van der Waals surface area contributed by atoms with Crippen LogP contribution in [0.3, 0.4) is 0 Å². The molecule has 0 saturated heterocycles. The molecule has 3 N–H and O–H groups in total. The molecule has 1 atom stereocenters. The van der Waals surface area contributed by atoms with Crippen LogP contribution in [0.4, 0.5) is 0 Å². The molecular formula is C14H19N5O. The zero-order valence-corrected chi connectivity index (χ0v) is 11.9. The fraction of sp³-hybridized carbons (Fsp3) is 0.357. The Morgan fingerprint density at radius 2 is 1.85 bits per heavy atom. The number of nitrogens with zero attached hydrogens (tertiary/aromatic N) is 3. The summed E-state index contributed by atoms with van der Waals surface area (Å²) in [6, 6.07) is 1.57. The molecule has 0 aliphatic rings. The number of pyridine rings is 1. The van der Waals surface area contributed by atoms with Gasteiger partial charge in [-0.2, -0.15) is 0 Å². The molecule has 2 rings (SSSR count). The highest BCUT2D eigenvalue weighted by Crippen LogP contribution is 2.21. The van der Waals surface area contributed by atoms with Gasteiger partial charge in [0.2, 0.25) is 0 Å². The van der Waals surface area contributed by atoms with Crippen LogP contribution in [0.5, 0.6) is 5.75 Å². The normalized spacial score (nSPS) is 12.4. The van der Waals surface area contributed by atoms with Crippen molar-refractivity contribution >= 4 is 0 Å². The second-order valence-corrected chi connectivity index (χ2v) is 4.84. The average molecular weight is 273 g/mol. The lowest BCUT2D eigenvalue weighted by Crippen LogP contribution is -2.30. The van der Waals surface area contributed by atoms with E-state index in [4.69, 9.17) is 10.6 Å². The van der Waals surface area contributed by atoms with Gasteiger partial charge < -0.3 is 4.74 Å². The first-order valence-corrected chi connectivity index (χ1v) is 6.46. The Morgan fingerprint density at radius 3 is 2.45 bits per heavy atom. The molecule has 0 saturated carbocycles. The smallest absolute Gasteiger partial charge is 0.150 e. The van der Waals surface area contributed by atoms with Gasteiger partial charge in [-0.25, -0.2) is 15.4 Å². The molecule has 106 valence electrons. The number of hydrazine groups is 1. The molecule has 0 aromatic carbocycles. The predicted molar refractivity (Wildman–Crippen MR) is 75.9 cm³/mol. The van der Waals surface area contributed by atoms with Crippen molar-refractivity contribution in [1.29, 1.82) is 0 Å². The van der Waals surface area contributed by atoms with Crippen molar-refractivity contribution in [3.05, 3.63) is 47.8 Å². The number of aryl methyl sites for hydroxylation is 1. The number of hydrogen-bond donors (Lipinski definition) is 2. The summed E-state index contributed by atoms with van der Waals surface area (Å²) in [6.45, 7) is 5.87. The minimum Gasteiger partial charge on any atom is -0.489 e. The van der Waals surface area contributed by atoms with Gasteiger partial charge in [0.1, 0.15) is 11.8 Å². The molecule has 0 spiro atoms. The third-order valence-electron chi connectivity index (χ3n) is 2.67. The standard InChI is InChI=1S/C14H19N5O/c1-9(2)20-12-4-11(7-16-8-12)13(19-15)14-17-5-10(3)6-18-14/h4-9,13,19H,15H2,1-3H3. The van der Waals surface area contributed by atoms with Crippen molar-refractivity contribution in [3.8, 4) is 5.75 Å². The van der Waals surface area contributed by atoms with Crippen LogP contribution in [0.2, 0.25) is 0 Å². The maximum Gasteiger partial charge on any atom is 0.150 e. The molecule has 2 heterocycles.